The molecule has 0 bridgehead atoms. The zero-order chi connectivity index (χ0) is 36.2. The van der Waals surface area contributed by atoms with E-state index in [4.69, 9.17) is 15.0 Å². The zero-order valence-electron chi connectivity index (χ0n) is 31.5. The van der Waals surface area contributed by atoms with E-state index in [2.05, 4.69) is 132 Å². The molecule has 256 valence electrons. The largest absolute Gasteiger partial charge is 0.321 e. The number of aryl methyl sites for hydroxylation is 13. The van der Waals surface area contributed by atoms with Gasteiger partial charge in [-0.1, -0.05) is 88.5 Å². The molecule has 0 aliphatic carbocycles. The van der Waals surface area contributed by atoms with Crippen molar-refractivity contribution in [1.82, 2.24) is 0 Å². The first-order valence-electron chi connectivity index (χ1n) is 17.1. The maximum atomic E-state index is 15.1. The molecule has 0 saturated heterocycles. The molecule has 2 nitrogen and oxygen atoms in total. The number of hydrogen-bond donors (Lipinski definition) is 0. The molecule has 5 rings (SSSR count). The highest BCUT2D eigenvalue weighted by Crippen LogP contribution is 2.35. The Labute approximate surface area is 304 Å². The van der Waals surface area contributed by atoms with Gasteiger partial charge >= 0.3 is 0 Å². The molecule has 5 aromatic rings. The van der Waals surface area contributed by atoms with Crippen LogP contribution in [0.5, 0.6) is 0 Å². The fourth-order valence-electron chi connectivity index (χ4n) is 8.82. The summed E-state index contributed by atoms with van der Waals surface area (Å²) in [5, 5.41) is 4.60. The van der Waals surface area contributed by atoms with Crippen molar-refractivity contribution in [3.8, 4) is 0 Å². The summed E-state index contributed by atoms with van der Waals surface area (Å²) in [5.74, 6) is 0. The Hall–Kier alpha value is -3.07. The van der Waals surface area contributed by atoms with E-state index in [0.29, 0.717) is 4.90 Å². The SMILES string of the molecule is Cc1ccc(S(=O)O[Si](c2c(C)cc(C)cc2C)(c2c(C)cc(C)cc2C)[Si](Cl)(c2c(C)cc(C)cc2C)c2c(C)cc(C)cc2C)cc1. The minimum atomic E-state index is -3.82. The van der Waals surface area contributed by atoms with Crippen LogP contribution in [-0.4, -0.2) is 18.9 Å². The molecule has 49 heavy (non-hydrogen) atoms. The van der Waals surface area contributed by atoms with Crippen LogP contribution in [0.4, 0.5) is 0 Å². The Morgan fingerprint density at radius 1 is 0.429 bits per heavy atom. The van der Waals surface area contributed by atoms with Crippen molar-refractivity contribution in [2.24, 2.45) is 0 Å². The molecular weight excluding hydrogens is 672 g/mol. The summed E-state index contributed by atoms with van der Waals surface area (Å²) in [5.41, 5.74) is 15.0. The first-order valence-corrected chi connectivity index (χ1v) is 24.1. The summed E-state index contributed by atoms with van der Waals surface area (Å²) >= 11 is 7.25. The van der Waals surface area contributed by atoms with Crippen molar-refractivity contribution in [3.63, 3.8) is 0 Å². The minimum Gasteiger partial charge on any atom is -0.321 e. The molecule has 0 amide bonds. The van der Waals surface area contributed by atoms with Crippen LogP contribution in [0, 0.1) is 90.0 Å². The molecule has 5 aromatic carbocycles. The molecule has 0 radical (unpaired) electrons. The van der Waals surface area contributed by atoms with Gasteiger partial charge in [-0.05, 0) is 167 Å². The summed E-state index contributed by atoms with van der Waals surface area (Å²) in [7, 11) is -3.82. The normalized spacial score (nSPS) is 12.8. The van der Waals surface area contributed by atoms with E-state index in [-0.39, 0.29) is 0 Å². The van der Waals surface area contributed by atoms with Gasteiger partial charge in [0, 0.05) is 0 Å². The molecule has 0 aromatic heterocycles. The molecule has 0 N–H and O–H groups in total. The first-order chi connectivity index (χ1) is 22.9. The van der Waals surface area contributed by atoms with Crippen molar-refractivity contribution in [1.29, 1.82) is 0 Å². The zero-order valence-corrected chi connectivity index (χ0v) is 35.1. The van der Waals surface area contributed by atoms with Crippen molar-refractivity contribution in [2.75, 3.05) is 0 Å². The second kappa shape index (κ2) is 13.9. The first kappa shape index (κ1) is 37.2. The van der Waals surface area contributed by atoms with E-state index in [1.807, 2.05) is 31.2 Å². The van der Waals surface area contributed by atoms with Crippen LogP contribution >= 0.6 is 11.1 Å². The Balaban J connectivity index is 2.16. The average Bonchev–Trinajstić information content (AvgIpc) is 2.95. The third-order valence-electron chi connectivity index (χ3n) is 10.0. The Morgan fingerprint density at radius 3 is 0.980 bits per heavy atom. The van der Waals surface area contributed by atoms with Gasteiger partial charge in [-0.15, -0.1) is 0 Å². The van der Waals surface area contributed by atoms with Gasteiger partial charge < -0.3 is 3.87 Å². The van der Waals surface area contributed by atoms with E-state index in [1.54, 1.807) is 0 Å². The van der Waals surface area contributed by atoms with Crippen LogP contribution in [-0.2, 0) is 15.0 Å². The number of benzene rings is 5. The number of halogens is 1. The molecule has 1 unspecified atom stereocenters. The monoisotopic (exact) mass is 722 g/mol. The molecule has 6 heteroatoms. The number of rotatable bonds is 8. The Morgan fingerprint density at radius 2 is 0.694 bits per heavy atom. The molecular formula is C43H51ClO2SSi2. The smallest absolute Gasteiger partial charge is 0.290 e. The predicted molar refractivity (Wildman–Crippen MR) is 217 cm³/mol. The number of hydrogen-bond acceptors (Lipinski definition) is 2. The van der Waals surface area contributed by atoms with Crippen LogP contribution in [0.1, 0.15) is 72.3 Å². The van der Waals surface area contributed by atoms with Gasteiger partial charge in [0.25, 0.3) is 7.83 Å². The Bertz CT molecular complexity index is 1910. The van der Waals surface area contributed by atoms with Crippen LogP contribution in [0.2, 0.25) is 0 Å². The highest BCUT2D eigenvalue weighted by Gasteiger charge is 2.66. The average molecular weight is 724 g/mol. The summed E-state index contributed by atoms with van der Waals surface area (Å²) in [4.78, 5) is 0.648. The summed E-state index contributed by atoms with van der Waals surface area (Å²) in [6, 6.07) is 26.0. The fourth-order valence-corrected chi connectivity index (χ4v) is 33.4. The summed E-state index contributed by atoms with van der Waals surface area (Å²) in [6.45, 7) is 24.6. The van der Waals surface area contributed by atoms with Crippen LogP contribution < -0.4 is 20.7 Å². The van der Waals surface area contributed by atoms with Gasteiger partial charge in [-0.3, -0.25) is 0 Å². The molecule has 0 fully saturated rings. The molecule has 0 aliphatic rings. The molecule has 0 heterocycles. The van der Waals surface area contributed by atoms with Gasteiger partial charge in [0.1, 0.15) is 0 Å². The lowest BCUT2D eigenvalue weighted by Crippen LogP contribution is -2.87. The van der Waals surface area contributed by atoms with Gasteiger partial charge in [0.05, 0.1) is 4.90 Å². The quantitative estimate of drug-likeness (QED) is 0.119. The Kier molecular flexibility index (Phi) is 10.6. The standard InChI is InChI=1S/C43H51ClO2SSi2/c1-26-14-16-39(17-15-26)47(45)46-49(42-35(10)22-29(4)23-36(42)11,43-37(12)24-30(5)25-38(43)13)48(44,40-31(6)18-27(2)19-32(40)7)41-33(8)20-28(3)21-34(41)9/h14-25H,1-13H3. The highest BCUT2D eigenvalue weighted by atomic mass is 35.6. The van der Waals surface area contributed by atoms with Gasteiger partial charge in [-0.25, -0.2) is 4.21 Å². The van der Waals surface area contributed by atoms with Crippen LogP contribution in [0.25, 0.3) is 0 Å². The van der Waals surface area contributed by atoms with E-state index in [9.17, 15) is 0 Å². The molecule has 0 spiro atoms. The predicted octanol–water partition coefficient (Wildman–Crippen LogP) is 8.57. The maximum absolute atomic E-state index is 15.1. The van der Waals surface area contributed by atoms with Crippen molar-refractivity contribution >= 4 is 57.6 Å². The second-order valence-electron chi connectivity index (χ2n) is 14.6. The molecule has 1 atom stereocenters. The van der Waals surface area contributed by atoms with Crippen LogP contribution in [0.3, 0.4) is 0 Å². The molecule has 0 saturated carbocycles. The highest BCUT2D eigenvalue weighted by molar-refractivity contribution is 7.85. The maximum Gasteiger partial charge on any atom is 0.290 e. The topological polar surface area (TPSA) is 26.3 Å². The van der Waals surface area contributed by atoms with Crippen molar-refractivity contribution in [3.05, 3.63) is 145 Å². The van der Waals surface area contributed by atoms with Crippen molar-refractivity contribution in [2.45, 2.75) is 94.9 Å². The van der Waals surface area contributed by atoms with Gasteiger partial charge in [0.15, 0.2) is 11.1 Å². The molecule has 0 aliphatic heterocycles. The van der Waals surface area contributed by atoms with E-state index >= 15 is 4.21 Å². The second-order valence-corrected chi connectivity index (χ2v) is 27.9. The van der Waals surface area contributed by atoms with Crippen molar-refractivity contribution < 1.29 is 8.08 Å². The van der Waals surface area contributed by atoms with Crippen LogP contribution in [0.15, 0.2) is 77.7 Å². The third kappa shape index (κ3) is 6.49. The minimum absolute atomic E-state index is 0.648. The van der Waals surface area contributed by atoms with E-state index < -0.39 is 25.8 Å². The fraction of sp³-hybridized carbons (Fsp3) is 0.302. The lowest BCUT2D eigenvalue weighted by atomic mass is 10.1. The lowest BCUT2D eigenvalue weighted by Gasteiger charge is -2.48. The van der Waals surface area contributed by atoms with E-state index in [0.717, 1.165) is 60.4 Å². The van der Waals surface area contributed by atoms with Gasteiger partial charge in [0.2, 0.25) is 6.90 Å². The third-order valence-corrected chi connectivity index (χ3v) is 29.4. The van der Waals surface area contributed by atoms with E-state index in [1.165, 1.54) is 32.6 Å². The lowest BCUT2D eigenvalue weighted by molar-refractivity contribution is 0.577. The summed E-state index contributed by atoms with van der Waals surface area (Å²) < 4.78 is 22.9. The van der Waals surface area contributed by atoms with Gasteiger partial charge in [-0.2, -0.15) is 11.1 Å². The summed E-state index contributed by atoms with van der Waals surface area (Å²) in [6.07, 6.45) is 0.